The molecule has 0 saturated heterocycles. The molecule has 0 aliphatic rings. The van der Waals surface area contributed by atoms with Gasteiger partial charge < -0.3 is 0 Å². The van der Waals surface area contributed by atoms with Crippen LogP contribution in [0.15, 0.2) is 42.5 Å². The lowest BCUT2D eigenvalue weighted by Gasteiger charge is -2.03. The molecule has 2 rings (SSSR count). The van der Waals surface area contributed by atoms with Gasteiger partial charge in [0.2, 0.25) is 0 Å². The molecule has 0 aromatic heterocycles. The van der Waals surface area contributed by atoms with Gasteiger partial charge in [0.1, 0.15) is 11.6 Å². The molecule has 2 aromatic rings. The van der Waals surface area contributed by atoms with Crippen LogP contribution in [0, 0.1) is 17.7 Å². The Hall–Kier alpha value is -2.03. The fourth-order valence-electron chi connectivity index (χ4n) is 1.38. The summed E-state index contributed by atoms with van der Waals surface area (Å²) < 4.78 is 26.6. The molecule has 16 heavy (non-hydrogen) atoms. The van der Waals surface area contributed by atoms with Crippen molar-refractivity contribution >= 4 is 5.78 Å². The lowest BCUT2D eigenvalue weighted by molar-refractivity contribution is 0.103. The molecule has 0 heterocycles. The zero-order chi connectivity index (χ0) is 11.5. The van der Waals surface area contributed by atoms with Crippen LogP contribution in [0.4, 0.5) is 8.78 Å². The maximum Gasteiger partial charge on any atom is 0.199 e. The Morgan fingerprint density at radius 3 is 2.25 bits per heavy atom. The van der Waals surface area contributed by atoms with E-state index in [0.29, 0.717) is 0 Å². The molecule has 0 unspecified atom stereocenters. The van der Waals surface area contributed by atoms with E-state index in [0.717, 1.165) is 12.1 Å². The second-order valence-electron chi connectivity index (χ2n) is 3.20. The lowest BCUT2D eigenvalue weighted by Crippen LogP contribution is -2.07. The van der Waals surface area contributed by atoms with E-state index in [4.69, 9.17) is 0 Å². The van der Waals surface area contributed by atoms with Gasteiger partial charge in [-0.15, -0.1) is 0 Å². The quantitative estimate of drug-likeness (QED) is 0.707. The molecule has 0 amide bonds. The first-order valence-electron chi connectivity index (χ1n) is 4.65. The summed E-state index contributed by atoms with van der Waals surface area (Å²) in [6, 6.07) is 12.2. The van der Waals surface area contributed by atoms with Crippen molar-refractivity contribution < 1.29 is 13.6 Å². The average molecular weight is 217 g/mol. The summed E-state index contributed by atoms with van der Waals surface area (Å²) in [6.45, 7) is 0. The molecule has 1 nitrogen and oxygen atoms in total. The smallest absolute Gasteiger partial charge is 0.199 e. The maximum absolute atomic E-state index is 13.3. The van der Waals surface area contributed by atoms with Gasteiger partial charge in [-0.1, -0.05) is 30.3 Å². The molecule has 0 bridgehead atoms. The Balaban J connectivity index is 2.50. The van der Waals surface area contributed by atoms with E-state index in [9.17, 15) is 13.6 Å². The number of rotatable bonds is 2. The number of ketones is 1. The van der Waals surface area contributed by atoms with Crippen LogP contribution in [0.2, 0.25) is 0 Å². The molecule has 2 aromatic carbocycles. The average Bonchev–Trinajstić information content (AvgIpc) is 2.30. The van der Waals surface area contributed by atoms with Crippen LogP contribution in [0.1, 0.15) is 15.9 Å². The molecule has 3 heteroatoms. The van der Waals surface area contributed by atoms with Gasteiger partial charge in [0.25, 0.3) is 0 Å². The van der Waals surface area contributed by atoms with Crippen LogP contribution in [0.5, 0.6) is 0 Å². The first-order chi connectivity index (χ1) is 7.70. The highest BCUT2D eigenvalue weighted by Gasteiger charge is 2.18. The van der Waals surface area contributed by atoms with E-state index in [-0.39, 0.29) is 5.56 Å². The highest BCUT2D eigenvalue weighted by atomic mass is 19.1. The van der Waals surface area contributed by atoms with E-state index in [1.54, 1.807) is 12.1 Å². The highest BCUT2D eigenvalue weighted by Crippen LogP contribution is 2.16. The van der Waals surface area contributed by atoms with Crippen molar-refractivity contribution in [2.75, 3.05) is 0 Å². The molecule has 1 radical (unpaired) electrons. The predicted octanol–water partition coefficient (Wildman–Crippen LogP) is 3.00. The monoisotopic (exact) mass is 217 g/mol. The number of carbonyl (C=O) groups is 1. The Bertz CT molecular complexity index is 500. The molecule has 0 N–H and O–H groups in total. The molecule has 0 spiro atoms. The molecule has 79 valence electrons. The molecule has 0 aliphatic heterocycles. The number of halogens is 2. The van der Waals surface area contributed by atoms with Gasteiger partial charge in [0, 0.05) is 5.56 Å². The van der Waals surface area contributed by atoms with Crippen molar-refractivity contribution in [3.05, 3.63) is 71.3 Å². The van der Waals surface area contributed by atoms with E-state index < -0.39 is 23.0 Å². The van der Waals surface area contributed by atoms with Gasteiger partial charge in [-0.2, -0.15) is 0 Å². The number of hydrogen-bond donors (Lipinski definition) is 0. The van der Waals surface area contributed by atoms with Crippen molar-refractivity contribution in [3.63, 3.8) is 0 Å². The zero-order valence-corrected chi connectivity index (χ0v) is 8.21. The van der Waals surface area contributed by atoms with Crippen molar-refractivity contribution in [2.24, 2.45) is 0 Å². The van der Waals surface area contributed by atoms with Crippen LogP contribution in [-0.2, 0) is 0 Å². The van der Waals surface area contributed by atoms with Gasteiger partial charge in [-0.3, -0.25) is 4.79 Å². The van der Waals surface area contributed by atoms with Crippen LogP contribution in [-0.4, -0.2) is 5.78 Å². The Labute approximate surface area is 91.3 Å². The third kappa shape index (κ3) is 1.84. The predicted molar refractivity (Wildman–Crippen MR) is 55.1 cm³/mol. The Morgan fingerprint density at radius 2 is 1.69 bits per heavy atom. The van der Waals surface area contributed by atoms with Crippen molar-refractivity contribution in [1.29, 1.82) is 0 Å². The van der Waals surface area contributed by atoms with Gasteiger partial charge in [0.15, 0.2) is 5.78 Å². The summed E-state index contributed by atoms with van der Waals surface area (Å²) in [6.07, 6.45) is 0. The Kier molecular flexibility index (Phi) is 2.77. The lowest BCUT2D eigenvalue weighted by atomic mass is 10.0. The largest absolute Gasteiger partial charge is 0.288 e. The van der Waals surface area contributed by atoms with Gasteiger partial charge >= 0.3 is 0 Å². The second kappa shape index (κ2) is 4.23. The highest BCUT2D eigenvalue weighted by molar-refractivity contribution is 6.09. The minimum Gasteiger partial charge on any atom is -0.288 e. The molecule has 0 saturated carbocycles. The third-order valence-corrected chi connectivity index (χ3v) is 2.14. The van der Waals surface area contributed by atoms with E-state index in [2.05, 4.69) is 6.07 Å². The first-order valence-corrected chi connectivity index (χ1v) is 4.65. The van der Waals surface area contributed by atoms with Crippen molar-refractivity contribution in [1.82, 2.24) is 0 Å². The van der Waals surface area contributed by atoms with Gasteiger partial charge in [-0.05, 0) is 18.2 Å². The summed E-state index contributed by atoms with van der Waals surface area (Å²) in [7, 11) is 0. The molecular weight excluding hydrogens is 210 g/mol. The van der Waals surface area contributed by atoms with Gasteiger partial charge in [-0.25, -0.2) is 8.78 Å². The summed E-state index contributed by atoms with van der Waals surface area (Å²) in [5, 5.41) is 0. The summed E-state index contributed by atoms with van der Waals surface area (Å²) in [4.78, 5) is 11.8. The topological polar surface area (TPSA) is 17.1 Å². The minimum atomic E-state index is -0.859. The van der Waals surface area contributed by atoms with Crippen LogP contribution in [0.25, 0.3) is 0 Å². The summed E-state index contributed by atoms with van der Waals surface area (Å²) >= 11 is 0. The summed E-state index contributed by atoms with van der Waals surface area (Å²) in [5.74, 6) is -2.42. The summed E-state index contributed by atoms with van der Waals surface area (Å²) in [5.41, 5.74) is -0.392. The Morgan fingerprint density at radius 1 is 1.00 bits per heavy atom. The SMILES string of the molecule is O=C(c1[c]cccc1)c1c(F)cccc1F. The number of benzene rings is 2. The third-order valence-electron chi connectivity index (χ3n) is 2.14. The second-order valence-corrected chi connectivity index (χ2v) is 3.20. The van der Waals surface area contributed by atoms with E-state index >= 15 is 0 Å². The standard InChI is InChI=1S/C13H7F2O/c14-10-7-4-8-11(15)12(10)13(16)9-5-2-1-3-6-9/h1-5,7-8H. The minimum absolute atomic E-state index is 0.145. The van der Waals surface area contributed by atoms with Gasteiger partial charge in [0.05, 0.1) is 5.56 Å². The normalized spacial score (nSPS) is 10.1. The first kappa shape index (κ1) is 10.5. The fourth-order valence-corrected chi connectivity index (χ4v) is 1.38. The van der Waals surface area contributed by atoms with Crippen molar-refractivity contribution in [3.8, 4) is 0 Å². The molecule has 0 atom stereocenters. The van der Waals surface area contributed by atoms with E-state index in [1.165, 1.54) is 18.2 Å². The maximum atomic E-state index is 13.3. The number of carbonyl (C=O) groups excluding carboxylic acids is 1. The van der Waals surface area contributed by atoms with Crippen LogP contribution >= 0.6 is 0 Å². The van der Waals surface area contributed by atoms with Crippen LogP contribution < -0.4 is 0 Å². The molecule has 0 aliphatic carbocycles. The van der Waals surface area contributed by atoms with Crippen LogP contribution in [0.3, 0.4) is 0 Å². The fraction of sp³-hybridized carbons (Fsp3) is 0. The molecule has 0 fully saturated rings. The van der Waals surface area contributed by atoms with E-state index in [1.807, 2.05) is 0 Å². The molecular formula is C13H7F2O. The van der Waals surface area contributed by atoms with Crippen molar-refractivity contribution in [2.45, 2.75) is 0 Å². The zero-order valence-electron chi connectivity index (χ0n) is 8.21. The number of hydrogen-bond acceptors (Lipinski definition) is 1.